The summed E-state index contributed by atoms with van der Waals surface area (Å²) < 4.78 is 0. The van der Waals surface area contributed by atoms with Crippen LogP contribution in [0.2, 0.25) is 0 Å². The van der Waals surface area contributed by atoms with Gasteiger partial charge in [-0.15, -0.1) is 22.9 Å². The Balaban J connectivity index is 2.14. The van der Waals surface area contributed by atoms with Gasteiger partial charge in [-0.25, -0.2) is 4.98 Å². The predicted molar refractivity (Wildman–Crippen MR) is 68.2 cm³/mol. The zero-order valence-corrected chi connectivity index (χ0v) is 11.0. The van der Waals surface area contributed by atoms with Crippen molar-refractivity contribution in [2.45, 2.75) is 25.6 Å². The highest BCUT2D eigenvalue weighted by molar-refractivity contribution is 7.12. The molecule has 2 heterocycles. The molecule has 0 spiro atoms. The fraction of sp³-hybridized carbons (Fsp3) is 0.364. The number of aromatic nitrogens is 1. The lowest BCUT2D eigenvalue weighted by molar-refractivity contribution is 0.927. The molecular weight excluding hydrogens is 246 g/mol. The molecule has 15 heavy (non-hydrogen) atoms. The van der Waals surface area contributed by atoms with Crippen LogP contribution in [0.15, 0.2) is 16.8 Å². The third kappa shape index (κ3) is 2.60. The first-order chi connectivity index (χ1) is 7.16. The van der Waals surface area contributed by atoms with Crippen LogP contribution in [0.1, 0.15) is 26.5 Å². The maximum Gasteiger partial charge on any atom is 0.0900 e. The zero-order valence-electron chi connectivity index (χ0n) is 8.66. The van der Waals surface area contributed by atoms with Crippen molar-refractivity contribution < 1.29 is 0 Å². The lowest BCUT2D eigenvalue weighted by Crippen LogP contribution is -1.94. The summed E-state index contributed by atoms with van der Waals surface area (Å²) in [6.45, 7) is 4.05. The molecule has 80 valence electrons. The van der Waals surface area contributed by atoms with Gasteiger partial charge in [-0.2, -0.15) is 11.3 Å². The third-order valence-electron chi connectivity index (χ3n) is 2.22. The van der Waals surface area contributed by atoms with E-state index in [9.17, 15) is 0 Å². The summed E-state index contributed by atoms with van der Waals surface area (Å²) in [7, 11) is 0. The third-order valence-corrected chi connectivity index (χ3v) is 4.64. The SMILES string of the molecule is Cc1nc(C)c(C(Cl)Cc2ccsc2)s1. The van der Waals surface area contributed by atoms with Crippen molar-refractivity contribution in [2.75, 3.05) is 0 Å². The Kier molecular flexibility index (Phi) is 3.44. The van der Waals surface area contributed by atoms with Gasteiger partial charge in [0, 0.05) is 4.88 Å². The minimum absolute atomic E-state index is 0.0609. The normalized spacial score (nSPS) is 13.0. The Bertz CT molecular complexity index is 433. The molecule has 2 aromatic heterocycles. The van der Waals surface area contributed by atoms with Crippen LogP contribution >= 0.6 is 34.3 Å². The van der Waals surface area contributed by atoms with E-state index in [-0.39, 0.29) is 5.38 Å². The van der Waals surface area contributed by atoms with E-state index >= 15 is 0 Å². The van der Waals surface area contributed by atoms with Crippen molar-refractivity contribution in [3.05, 3.63) is 38.0 Å². The van der Waals surface area contributed by atoms with Crippen LogP contribution in [0.25, 0.3) is 0 Å². The van der Waals surface area contributed by atoms with Gasteiger partial charge < -0.3 is 0 Å². The lowest BCUT2D eigenvalue weighted by atomic mass is 10.1. The van der Waals surface area contributed by atoms with E-state index in [1.807, 2.05) is 13.8 Å². The van der Waals surface area contributed by atoms with Crippen molar-refractivity contribution in [3.63, 3.8) is 0 Å². The Hall–Kier alpha value is -0.380. The van der Waals surface area contributed by atoms with Crippen LogP contribution in [-0.2, 0) is 6.42 Å². The van der Waals surface area contributed by atoms with Gasteiger partial charge in [0.25, 0.3) is 0 Å². The van der Waals surface area contributed by atoms with Crippen LogP contribution in [0, 0.1) is 13.8 Å². The molecule has 0 aromatic carbocycles. The number of alkyl halides is 1. The smallest absolute Gasteiger partial charge is 0.0900 e. The molecule has 1 unspecified atom stereocenters. The molecule has 2 rings (SSSR count). The van der Waals surface area contributed by atoms with Gasteiger partial charge in [0.05, 0.1) is 16.1 Å². The zero-order chi connectivity index (χ0) is 10.8. The summed E-state index contributed by atoms with van der Waals surface area (Å²) in [5.74, 6) is 0. The maximum absolute atomic E-state index is 6.39. The van der Waals surface area contributed by atoms with Crippen molar-refractivity contribution in [3.8, 4) is 0 Å². The number of thiophene rings is 1. The quantitative estimate of drug-likeness (QED) is 0.746. The molecule has 0 bridgehead atoms. The molecule has 0 aliphatic heterocycles. The Morgan fingerprint density at radius 1 is 1.47 bits per heavy atom. The van der Waals surface area contributed by atoms with E-state index in [4.69, 9.17) is 11.6 Å². The fourth-order valence-corrected chi connectivity index (χ4v) is 3.60. The van der Waals surface area contributed by atoms with Gasteiger partial charge >= 0.3 is 0 Å². The summed E-state index contributed by atoms with van der Waals surface area (Å²) in [6.07, 6.45) is 0.896. The number of thiazole rings is 1. The maximum atomic E-state index is 6.39. The Labute approximate surface area is 103 Å². The van der Waals surface area contributed by atoms with Crippen LogP contribution in [-0.4, -0.2) is 4.98 Å². The minimum atomic E-state index is 0.0609. The lowest BCUT2D eigenvalue weighted by Gasteiger charge is -2.06. The standard InChI is InChI=1S/C11H12ClNS2/c1-7-11(15-8(2)13-7)10(12)5-9-3-4-14-6-9/h3-4,6,10H,5H2,1-2H3. The topological polar surface area (TPSA) is 12.9 Å². The fourth-order valence-electron chi connectivity index (χ4n) is 1.55. The van der Waals surface area contributed by atoms with E-state index in [1.165, 1.54) is 10.4 Å². The van der Waals surface area contributed by atoms with E-state index in [0.717, 1.165) is 17.1 Å². The Morgan fingerprint density at radius 3 is 2.80 bits per heavy atom. The van der Waals surface area contributed by atoms with Gasteiger partial charge in [-0.1, -0.05) is 0 Å². The number of nitrogens with zero attached hydrogens (tertiary/aromatic N) is 1. The number of hydrogen-bond acceptors (Lipinski definition) is 3. The number of hydrogen-bond donors (Lipinski definition) is 0. The molecule has 4 heteroatoms. The average Bonchev–Trinajstić information content (AvgIpc) is 2.75. The van der Waals surface area contributed by atoms with Crippen molar-refractivity contribution in [1.82, 2.24) is 4.98 Å². The summed E-state index contributed by atoms with van der Waals surface area (Å²) in [5.41, 5.74) is 2.39. The highest BCUT2D eigenvalue weighted by atomic mass is 35.5. The van der Waals surface area contributed by atoms with Gasteiger partial charge in [0.1, 0.15) is 0 Å². The minimum Gasteiger partial charge on any atom is -0.247 e. The van der Waals surface area contributed by atoms with Gasteiger partial charge in [0.15, 0.2) is 0 Å². The van der Waals surface area contributed by atoms with E-state index < -0.39 is 0 Å². The van der Waals surface area contributed by atoms with Crippen molar-refractivity contribution in [1.29, 1.82) is 0 Å². The van der Waals surface area contributed by atoms with E-state index in [0.29, 0.717) is 0 Å². The van der Waals surface area contributed by atoms with Crippen LogP contribution in [0.3, 0.4) is 0 Å². The molecule has 1 nitrogen and oxygen atoms in total. The molecule has 0 aliphatic rings. The highest BCUT2D eigenvalue weighted by Crippen LogP contribution is 2.32. The molecular formula is C11H12ClNS2. The molecule has 2 aromatic rings. The van der Waals surface area contributed by atoms with Gasteiger partial charge in [-0.3, -0.25) is 0 Å². The summed E-state index contributed by atoms with van der Waals surface area (Å²) in [4.78, 5) is 5.61. The predicted octanol–water partition coefficient (Wildman–Crippen LogP) is 4.34. The van der Waals surface area contributed by atoms with E-state index in [1.54, 1.807) is 22.7 Å². The molecule has 1 atom stereocenters. The van der Waals surface area contributed by atoms with Crippen LogP contribution in [0.4, 0.5) is 0 Å². The first-order valence-electron chi connectivity index (χ1n) is 4.76. The molecule has 0 aliphatic carbocycles. The molecule has 0 radical (unpaired) electrons. The second-order valence-corrected chi connectivity index (χ2v) is 6.03. The largest absolute Gasteiger partial charge is 0.247 e. The number of aryl methyl sites for hydroxylation is 2. The molecule has 0 saturated carbocycles. The monoisotopic (exact) mass is 257 g/mol. The van der Waals surface area contributed by atoms with Gasteiger partial charge in [-0.05, 0) is 42.7 Å². The average molecular weight is 258 g/mol. The first kappa shape index (κ1) is 11.1. The highest BCUT2D eigenvalue weighted by Gasteiger charge is 2.15. The molecule has 0 amide bonds. The summed E-state index contributed by atoms with van der Waals surface area (Å²) in [6, 6.07) is 2.13. The Morgan fingerprint density at radius 2 is 2.27 bits per heavy atom. The van der Waals surface area contributed by atoms with Gasteiger partial charge in [0.2, 0.25) is 0 Å². The second kappa shape index (κ2) is 4.64. The summed E-state index contributed by atoms with van der Waals surface area (Å²) >= 11 is 9.81. The van der Waals surface area contributed by atoms with Crippen molar-refractivity contribution >= 4 is 34.3 Å². The molecule has 0 saturated heterocycles. The van der Waals surface area contributed by atoms with E-state index in [2.05, 4.69) is 21.8 Å². The summed E-state index contributed by atoms with van der Waals surface area (Å²) in [5, 5.41) is 5.40. The number of halogens is 1. The second-order valence-electron chi connectivity index (χ2n) is 3.49. The van der Waals surface area contributed by atoms with Crippen LogP contribution < -0.4 is 0 Å². The van der Waals surface area contributed by atoms with Crippen LogP contribution in [0.5, 0.6) is 0 Å². The van der Waals surface area contributed by atoms with Crippen molar-refractivity contribution in [2.24, 2.45) is 0 Å². The molecule has 0 N–H and O–H groups in total. The number of rotatable bonds is 3. The first-order valence-corrected chi connectivity index (χ1v) is 6.95. The molecule has 0 fully saturated rings.